The molecule has 0 aliphatic heterocycles. The van der Waals surface area contributed by atoms with Crippen LogP contribution in [0, 0.1) is 17.0 Å². The number of nitro groups is 1. The zero-order chi connectivity index (χ0) is 18.6. The SMILES string of the molecule is Cc1ccc(C(=O)NCCc2ccc(C(F)(F)F)cc2)cc1[N+](=O)[O-]. The second-order valence-electron chi connectivity index (χ2n) is 5.46. The first kappa shape index (κ1) is 18.4. The van der Waals surface area contributed by atoms with Gasteiger partial charge in [0.05, 0.1) is 10.5 Å². The van der Waals surface area contributed by atoms with E-state index >= 15 is 0 Å². The molecule has 0 aromatic heterocycles. The number of amides is 1. The van der Waals surface area contributed by atoms with Gasteiger partial charge in [-0.05, 0) is 37.1 Å². The molecule has 1 N–H and O–H groups in total. The molecule has 0 saturated heterocycles. The van der Waals surface area contributed by atoms with Gasteiger partial charge in [-0.2, -0.15) is 13.2 Å². The zero-order valence-corrected chi connectivity index (χ0v) is 13.3. The molecule has 132 valence electrons. The molecule has 0 heterocycles. The quantitative estimate of drug-likeness (QED) is 0.655. The van der Waals surface area contributed by atoms with E-state index in [9.17, 15) is 28.1 Å². The van der Waals surface area contributed by atoms with Crippen molar-refractivity contribution in [3.63, 3.8) is 0 Å². The van der Waals surface area contributed by atoms with E-state index in [1.165, 1.54) is 30.3 Å². The maximum Gasteiger partial charge on any atom is 0.416 e. The largest absolute Gasteiger partial charge is 0.416 e. The Hall–Kier alpha value is -2.90. The van der Waals surface area contributed by atoms with Gasteiger partial charge in [0, 0.05) is 23.7 Å². The van der Waals surface area contributed by atoms with Crippen molar-refractivity contribution >= 4 is 11.6 Å². The van der Waals surface area contributed by atoms with Crippen LogP contribution in [0.1, 0.15) is 27.0 Å². The highest BCUT2D eigenvalue weighted by atomic mass is 19.4. The first-order chi connectivity index (χ1) is 11.7. The van der Waals surface area contributed by atoms with Crippen molar-refractivity contribution in [1.82, 2.24) is 5.32 Å². The molecule has 2 aromatic carbocycles. The fourth-order valence-corrected chi connectivity index (χ4v) is 2.23. The van der Waals surface area contributed by atoms with Gasteiger partial charge in [0.15, 0.2) is 0 Å². The molecule has 2 rings (SSSR count). The lowest BCUT2D eigenvalue weighted by Gasteiger charge is -2.08. The fourth-order valence-electron chi connectivity index (χ4n) is 2.23. The minimum Gasteiger partial charge on any atom is -0.352 e. The first-order valence-electron chi connectivity index (χ1n) is 7.38. The number of aryl methyl sites for hydroxylation is 1. The van der Waals surface area contributed by atoms with Crippen LogP contribution >= 0.6 is 0 Å². The summed E-state index contributed by atoms with van der Waals surface area (Å²) < 4.78 is 37.4. The average Bonchev–Trinajstić information content (AvgIpc) is 2.54. The van der Waals surface area contributed by atoms with Crippen LogP contribution in [0.5, 0.6) is 0 Å². The van der Waals surface area contributed by atoms with Crippen LogP contribution in [0.2, 0.25) is 0 Å². The van der Waals surface area contributed by atoms with Gasteiger partial charge < -0.3 is 5.32 Å². The maximum atomic E-state index is 12.5. The number of hydrogen-bond donors (Lipinski definition) is 1. The Kier molecular flexibility index (Phi) is 5.41. The number of halogens is 3. The van der Waals surface area contributed by atoms with E-state index in [1.807, 2.05) is 0 Å². The summed E-state index contributed by atoms with van der Waals surface area (Å²) in [7, 11) is 0. The number of nitro benzene ring substituents is 1. The summed E-state index contributed by atoms with van der Waals surface area (Å²) >= 11 is 0. The fraction of sp³-hybridized carbons (Fsp3) is 0.235. The van der Waals surface area contributed by atoms with Crippen molar-refractivity contribution in [3.05, 3.63) is 74.8 Å². The second kappa shape index (κ2) is 7.33. The van der Waals surface area contributed by atoms with Crippen LogP contribution in [-0.4, -0.2) is 17.4 Å². The van der Waals surface area contributed by atoms with Crippen LogP contribution in [0.4, 0.5) is 18.9 Å². The highest BCUT2D eigenvalue weighted by Crippen LogP contribution is 2.29. The van der Waals surface area contributed by atoms with Crippen LogP contribution in [0.3, 0.4) is 0 Å². The van der Waals surface area contributed by atoms with E-state index in [0.29, 0.717) is 17.5 Å². The summed E-state index contributed by atoms with van der Waals surface area (Å²) in [5, 5.41) is 13.5. The van der Waals surface area contributed by atoms with Gasteiger partial charge in [-0.25, -0.2) is 0 Å². The van der Waals surface area contributed by atoms with Crippen molar-refractivity contribution in [2.75, 3.05) is 6.54 Å². The molecular weight excluding hydrogens is 337 g/mol. The van der Waals surface area contributed by atoms with Gasteiger partial charge in [-0.1, -0.05) is 18.2 Å². The molecule has 1 amide bonds. The van der Waals surface area contributed by atoms with Crippen molar-refractivity contribution < 1.29 is 22.9 Å². The van der Waals surface area contributed by atoms with Crippen LogP contribution in [-0.2, 0) is 12.6 Å². The van der Waals surface area contributed by atoms with E-state index in [-0.39, 0.29) is 17.8 Å². The summed E-state index contributed by atoms with van der Waals surface area (Å²) in [4.78, 5) is 22.4. The number of benzene rings is 2. The lowest BCUT2D eigenvalue weighted by atomic mass is 10.1. The van der Waals surface area contributed by atoms with Crippen LogP contribution in [0.25, 0.3) is 0 Å². The van der Waals surface area contributed by atoms with Gasteiger partial charge in [0.25, 0.3) is 11.6 Å². The van der Waals surface area contributed by atoms with Gasteiger partial charge >= 0.3 is 6.18 Å². The summed E-state index contributed by atoms with van der Waals surface area (Å²) in [6.07, 6.45) is -4.04. The molecule has 0 aliphatic rings. The Morgan fingerprint density at radius 2 is 1.80 bits per heavy atom. The summed E-state index contributed by atoms with van der Waals surface area (Å²) in [5.41, 5.74) is 0.377. The van der Waals surface area contributed by atoms with Gasteiger partial charge in [0.1, 0.15) is 0 Å². The smallest absolute Gasteiger partial charge is 0.352 e. The summed E-state index contributed by atoms with van der Waals surface area (Å²) in [5.74, 6) is -0.477. The molecule has 0 aliphatic carbocycles. The predicted molar refractivity (Wildman–Crippen MR) is 85.3 cm³/mol. The van der Waals surface area contributed by atoms with Crippen LogP contribution < -0.4 is 5.32 Å². The number of nitrogens with zero attached hydrogens (tertiary/aromatic N) is 1. The third kappa shape index (κ3) is 4.79. The maximum absolute atomic E-state index is 12.5. The minimum absolute atomic E-state index is 0.143. The number of alkyl halides is 3. The van der Waals surface area contributed by atoms with Crippen molar-refractivity contribution in [1.29, 1.82) is 0 Å². The Morgan fingerprint density at radius 3 is 2.36 bits per heavy atom. The van der Waals surface area contributed by atoms with Gasteiger partial charge in [-0.15, -0.1) is 0 Å². The molecule has 2 aromatic rings. The van der Waals surface area contributed by atoms with Gasteiger partial charge in [-0.3, -0.25) is 14.9 Å². The molecule has 0 saturated carbocycles. The summed E-state index contributed by atoms with van der Waals surface area (Å²) in [6, 6.07) is 8.85. The van der Waals surface area contributed by atoms with E-state index in [1.54, 1.807) is 6.92 Å². The number of rotatable bonds is 5. The Morgan fingerprint density at radius 1 is 1.16 bits per heavy atom. The number of hydrogen-bond acceptors (Lipinski definition) is 3. The molecular formula is C17H15F3N2O3. The molecule has 0 bridgehead atoms. The van der Waals surface area contributed by atoms with Gasteiger partial charge in [0.2, 0.25) is 0 Å². The normalized spacial score (nSPS) is 11.2. The molecule has 0 unspecified atom stereocenters. The Balaban J connectivity index is 1.94. The number of nitrogens with one attached hydrogen (secondary N) is 1. The molecule has 0 atom stereocenters. The number of carbonyl (C=O) groups is 1. The summed E-state index contributed by atoms with van der Waals surface area (Å²) in [6.45, 7) is 1.77. The van der Waals surface area contributed by atoms with Crippen molar-refractivity contribution in [3.8, 4) is 0 Å². The predicted octanol–water partition coefficient (Wildman–Crippen LogP) is 3.89. The Labute approximate surface area is 141 Å². The third-order valence-electron chi connectivity index (χ3n) is 3.65. The van der Waals surface area contributed by atoms with E-state index < -0.39 is 22.6 Å². The lowest BCUT2D eigenvalue weighted by Crippen LogP contribution is -2.25. The molecule has 25 heavy (non-hydrogen) atoms. The number of carbonyl (C=O) groups excluding carboxylic acids is 1. The first-order valence-corrected chi connectivity index (χ1v) is 7.38. The molecule has 0 spiro atoms. The lowest BCUT2D eigenvalue weighted by molar-refractivity contribution is -0.385. The van der Waals surface area contributed by atoms with E-state index in [0.717, 1.165) is 12.1 Å². The third-order valence-corrected chi connectivity index (χ3v) is 3.65. The Bertz CT molecular complexity index is 787. The van der Waals surface area contributed by atoms with Crippen molar-refractivity contribution in [2.45, 2.75) is 19.5 Å². The van der Waals surface area contributed by atoms with E-state index in [4.69, 9.17) is 0 Å². The minimum atomic E-state index is -4.38. The van der Waals surface area contributed by atoms with E-state index in [2.05, 4.69) is 5.32 Å². The standard InChI is InChI=1S/C17H15F3N2O3/c1-11-2-5-13(10-15(11)22(24)25)16(23)21-9-8-12-3-6-14(7-4-12)17(18,19)20/h2-7,10H,8-9H2,1H3,(H,21,23). The monoisotopic (exact) mass is 352 g/mol. The van der Waals surface area contributed by atoms with Crippen molar-refractivity contribution in [2.24, 2.45) is 0 Å². The second-order valence-corrected chi connectivity index (χ2v) is 5.46. The molecule has 0 fully saturated rings. The van der Waals surface area contributed by atoms with Crippen LogP contribution in [0.15, 0.2) is 42.5 Å². The topological polar surface area (TPSA) is 72.2 Å². The molecule has 0 radical (unpaired) electrons. The molecule has 8 heteroatoms. The molecule has 5 nitrogen and oxygen atoms in total. The average molecular weight is 352 g/mol. The highest BCUT2D eigenvalue weighted by molar-refractivity contribution is 5.94. The highest BCUT2D eigenvalue weighted by Gasteiger charge is 2.29. The zero-order valence-electron chi connectivity index (χ0n) is 13.3.